The Bertz CT molecular complexity index is 616. The maximum atomic E-state index is 12.0. The minimum absolute atomic E-state index is 0.0890. The van der Waals surface area contributed by atoms with Crippen LogP contribution in [-0.4, -0.2) is 26.6 Å². The number of hydrogen-bond acceptors (Lipinski definition) is 4. The molecule has 0 aromatic heterocycles. The van der Waals surface area contributed by atoms with E-state index in [1.807, 2.05) is 0 Å². The molecular weight excluding hydrogens is 290 g/mol. The molecule has 7 heteroatoms. The summed E-state index contributed by atoms with van der Waals surface area (Å²) in [7, 11) is -3.33. The number of carbonyl (C=O) groups is 1. The molecule has 0 spiro atoms. The molecule has 1 aromatic rings. The monoisotopic (exact) mass is 311 g/mol. The lowest BCUT2D eigenvalue weighted by molar-refractivity contribution is -0.117. The first-order valence-corrected chi connectivity index (χ1v) is 8.86. The van der Waals surface area contributed by atoms with Gasteiger partial charge in [0.05, 0.1) is 11.9 Å². The van der Waals surface area contributed by atoms with Crippen LogP contribution in [0.15, 0.2) is 24.3 Å². The summed E-state index contributed by atoms with van der Waals surface area (Å²) in [5.41, 5.74) is 6.95. The van der Waals surface area contributed by atoms with E-state index in [0.29, 0.717) is 17.8 Å². The van der Waals surface area contributed by atoms with Gasteiger partial charge in [-0.05, 0) is 37.0 Å². The first-order valence-electron chi connectivity index (χ1n) is 6.97. The smallest absolute Gasteiger partial charge is 0.229 e. The molecule has 0 saturated heterocycles. The summed E-state index contributed by atoms with van der Waals surface area (Å²) >= 11 is 0. The second-order valence-corrected chi connectivity index (χ2v) is 7.31. The summed E-state index contributed by atoms with van der Waals surface area (Å²) < 4.78 is 24.8. The average molecular weight is 311 g/mol. The highest BCUT2D eigenvalue weighted by atomic mass is 32.2. The number of benzene rings is 1. The van der Waals surface area contributed by atoms with Gasteiger partial charge in [-0.25, -0.2) is 8.42 Å². The van der Waals surface area contributed by atoms with E-state index in [9.17, 15) is 13.2 Å². The molecule has 1 amide bonds. The van der Waals surface area contributed by atoms with E-state index in [1.165, 1.54) is 0 Å². The summed E-state index contributed by atoms with van der Waals surface area (Å²) in [4.78, 5) is 12.0. The van der Waals surface area contributed by atoms with Gasteiger partial charge in [0.2, 0.25) is 15.9 Å². The van der Waals surface area contributed by atoms with Crippen LogP contribution in [0.2, 0.25) is 0 Å². The van der Waals surface area contributed by atoms with Crippen LogP contribution in [0.4, 0.5) is 11.4 Å². The van der Waals surface area contributed by atoms with Gasteiger partial charge in [0.1, 0.15) is 0 Å². The molecule has 116 valence electrons. The minimum Gasteiger partial charge on any atom is -0.327 e. The number of anilines is 2. The van der Waals surface area contributed by atoms with Crippen molar-refractivity contribution in [1.29, 1.82) is 0 Å². The van der Waals surface area contributed by atoms with Crippen LogP contribution >= 0.6 is 0 Å². The molecule has 0 unspecified atom stereocenters. The lowest BCUT2D eigenvalue weighted by Crippen LogP contribution is -2.28. The molecule has 21 heavy (non-hydrogen) atoms. The van der Waals surface area contributed by atoms with E-state index in [0.717, 1.165) is 25.5 Å². The highest BCUT2D eigenvalue weighted by Gasteiger charge is 2.25. The molecule has 0 radical (unpaired) electrons. The van der Waals surface area contributed by atoms with Crippen molar-refractivity contribution in [2.45, 2.75) is 31.7 Å². The molecule has 0 heterocycles. The van der Waals surface area contributed by atoms with Crippen LogP contribution in [0, 0.1) is 5.92 Å². The third-order valence-corrected chi connectivity index (χ3v) is 4.22. The minimum atomic E-state index is -3.33. The summed E-state index contributed by atoms with van der Waals surface area (Å²) in [5.74, 6) is 0.149. The van der Waals surface area contributed by atoms with Gasteiger partial charge in [0.25, 0.3) is 0 Å². The van der Waals surface area contributed by atoms with Crippen LogP contribution in [0.5, 0.6) is 0 Å². The summed E-state index contributed by atoms with van der Waals surface area (Å²) in [6, 6.07) is 6.73. The number of rotatable bonds is 5. The normalized spacial score (nSPS) is 22.0. The maximum absolute atomic E-state index is 12.0. The summed E-state index contributed by atoms with van der Waals surface area (Å²) in [6.45, 7) is 0. The lowest BCUT2D eigenvalue weighted by atomic mass is 10.00. The van der Waals surface area contributed by atoms with Gasteiger partial charge in [0, 0.05) is 18.2 Å². The molecule has 4 N–H and O–H groups in total. The molecule has 1 saturated carbocycles. The number of carbonyl (C=O) groups excluding carboxylic acids is 1. The highest BCUT2D eigenvalue weighted by Crippen LogP contribution is 2.27. The molecule has 1 fully saturated rings. The number of nitrogens with one attached hydrogen (secondary N) is 2. The third kappa shape index (κ3) is 5.02. The Labute approximate surface area is 125 Å². The first-order chi connectivity index (χ1) is 9.83. The van der Waals surface area contributed by atoms with Crippen LogP contribution in [-0.2, 0) is 14.8 Å². The Kier molecular flexibility index (Phi) is 4.84. The SMILES string of the molecule is CS(=O)(=O)Nc1cccc(NC(=O)C[C@@H]2CCC[C@H]2N)c1. The van der Waals surface area contributed by atoms with E-state index in [-0.39, 0.29) is 17.9 Å². The Morgan fingerprint density at radius 1 is 1.33 bits per heavy atom. The molecule has 1 aromatic carbocycles. The van der Waals surface area contributed by atoms with Crippen LogP contribution in [0.1, 0.15) is 25.7 Å². The highest BCUT2D eigenvalue weighted by molar-refractivity contribution is 7.92. The van der Waals surface area contributed by atoms with Crippen molar-refractivity contribution in [3.8, 4) is 0 Å². The zero-order chi connectivity index (χ0) is 15.5. The molecule has 2 rings (SSSR count). The van der Waals surface area contributed by atoms with E-state index in [1.54, 1.807) is 24.3 Å². The van der Waals surface area contributed by atoms with Gasteiger partial charge in [-0.2, -0.15) is 0 Å². The Morgan fingerprint density at radius 2 is 2.05 bits per heavy atom. The molecule has 2 atom stereocenters. The number of nitrogens with two attached hydrogens (primary N) is 1. The average Bonchev–Trinajstić information content (AvgIpc) is 2.73. The first kappa shape index (κ1) is 15.8. The molecule has 0 bridgehead atoms. The lowest BCUT2D eigenvalue weighted by Gasteiger charge is -2.15. The van der Waals surface area contributed by atoms with Crippen molar-refractivity contribution < 1.29 is 13.2 Å². The number of sulfonamides is 1. The molecule has 6 nitrogen and oxygen atoms in total. The predicted octanol–water partition coefficient (Wildman–Crippen LogP) is 1.51. The van der Waals surface area contributed by atoms with Gasteiger partial charge in [-0.3, -0.25) is 9.52 Å². The Morgan fingerprint density at radius 3 is 2.67 bits per heavy atom. The van der Waals surface area contributed by atoms with Gasteiger partial charge in [-0.15, -0.1) is 0 Å². The van der Waals surface area contributed by atoms with Crippen LogP contribution in [0.25, 0.3) is 0 Å². The van der Waals surface area contributed by atoms with Crippen molar-refractivity contribution in [2.24, 2.45) is 11.7 Å². The standard InChI is InChI=1S/C14H21N3O3S/c1-21(19,20)17-12-6-3-5-11(9-12)16-14(18)8-10-4-2-7-13(10)15/h3,5-6,9-10,13,17H,2,4,7-8,15H2,1H3,(H,16,18)/t10-,13+/m0/s1. The maximum Gasteiger partial charge on any atom is 0.229 e. The summed E-state index contributed by atoms with van der Waals surface area (Å²) in [5, 5.41) is 2.79. The quantitative estimate of drug-likeness (QED) is 0.767. The third-order valence-electron chi connectivity index (χ3n) is 3.62. The van der Waals surface area contributed by atoms with Crippen molar-refractivity contribution in [1.82, 2.24) is 0 Å². The molecule has 1 aliphatic rings. The predicted molar refractivity (Wildman–Crippen MR) is 83.5 cm³/mol. The van der Waals surface area contributed by atoms with Crippen molar-refractivity contribution >= 4 is 27.3 Å². The molecule has 1 aliphatic carbocycles. The van der Waals surface area contributed by atoms with Gasteiger partial charge in [0.15, 0.2) is 0 Å². The van der Waals surface area contributed by atoms with E-state index < -0.39 is 10.0 Å². The van der Waals surface area contributed by atoms with E-state index >= 15 is 0 Å². The Balaban J connectivity index is 1.96. The Hall–Kier alpha value is -1.60. The topological polar surface area (TPSA) is 101 Å². The largest absolute Gasteiger partial charge is 0.327 e. The fourth-order valence-electron chi connectivity index (χ4n) is 2.64. The van der Waals surface area contributed by atoms with Crippen LogP contribution in [0.3, 0.4) is 0 Å². The second kappa shape index (κ2) is 6.44. The van der Waals surface area contributed by atoms with Crippen LogP contribution < -0.4 is 15.8 Å². The van der Waals surface area contributed by atoms with Gasteiger partial charge < -0.3 is 11.1 Å². The summed E-state index contributed by atoms with van der Waals surface area (Å²) in [6.07, 6.45) is 4.54. The van der Waals surface area contributed by atoms with E-state index in [2.05, 4.69) is 10.0 Å². The number of hydrogen-bond donors (Lipinski definition) is 3. The zero-order valence-electron chi connectivity index (χ0n) is 12.0. The van der Waals surface area contributed by atoms with Gasteiger partial charge >= 0.3 is 0 Å². The fourth-order valence-corrected chi connectivity index (χ4v) is 3.20. The molecular formula is C14H21N3O3S. The zero-order valence-corrected chi connectivity index (χ0v) is 12.8. The van der Waals surface area contributed by atoms with Crippen molar-refractivity contribution in [3.63, 3.8) is 0 Å². The molecule has 0 aliphatic heterocycles. The number of amides is 1. The van der Waals surface area contributed by atoms with Gasteiger partial charge in [-0.1, -0.05) is 12.5 Å². The fraction of sp³-hybridized carbons (Fsp3) is 0.500. The van der Waals surface area contributed by atoms with Crippen molar-refractivity contribution in [3.05, 3.63) is 24.3 Å². The van der Waals surface area contributed by atoms with Crippen molar-refractivity contribution in [2.75, 3.05) is 16.3 Å². The second-order valence-electron chi connectivity index (χ2n) is 5.56. The van der Waals surface area contributed by atoms with E-state index in [4.69, 9.17) is 5.73 Å².